The van der Waals surface area contributed by atoms with E-state index in [1.54, 1.807) is 0 Å². The van der Waals surface area contributed by atoms with E-state index in [9.17, 15) is 0 Å². The largest absolute Gasteiger partial charge is 0.369 e. The van der Waals surface area contributed by atoms with Gasteiger partial charge in [0.25, 0.3) is 0 Å². The van der Waals surface area contributed by atoms with Gasteiger partial charge in [-0.05, 0) is 45.0 Å². The third-order valence-electron chi connectivity index (χ3n) is 3.27. The fourth-order valence-corrected chi connectivity index (χ4v) is 2.23. The Labute approximate surface area is 112 Å². The number of anilines is 1. The van der Waals surface area contributed by atoms with Gasteiger partial charge in [0.15, 0.2) is 0 Å². The standard InChI is InChI=1S/C16H28N2/c1-5-6-7-12-18(14(2)3)16-10-8-15(9-11-16)13-17-4/h8-11,14,17H,5-7,12-13H2,1-4H3. The molecule has 0 saturated heterocycles. The molecule has 1 aromatic rings. The van der Waals surface area contributed by atoms with E-state index in [1.165, 1.54) is 30.5 Å². The molecule has 102 valence electrons. The zero-order valence-corrected chi connectivity index (χ0v) is 12.4. The molecule has 1 N–H and O–H groups in total. The molecule has 18 heavy (non-hydrogen) atoms. The Morgan fingerprint density at radius 1 is 1.11 bits per heavy atom. The Bertz CT molecular complexity index is 316. The maximum Gasteiger partial charge on any atom is 0.0368 e. The van der Waals surface area contributed by atoms with Crippen LogP contribution in [0.25, 0.3) is 0 Å². The van der Waals surface area contributed by atoms with Gasteiger partial charge in [-0.2, -0.15) is 0 Å². The molecule has 0 bridgehead atoms. The fraction of sp³-hybridized carbons (Fsp3) is 0.625. The summed E-state index contributed by atoms with van der Waals surface area (Å²) in [5.74, 6) is 0. The molecule has 0 saturated carbocycles. The van der Waals surface area contributed by atoms with Crippen molar-refractivity contribution < 1.29 is 0 Å². The van der Waals surface area contributed by atoms with Crippen LogP contribution < -0.4 is 10.2 Å². The average Bonchev–Trinajstić information content (AvgIpc) is 2.36. The summed E-state index contributed by atoms with van der Waals surface area (Å²) < 4.78 is 0. The highest BCUT2D eigenvalue weighted by atomic mass is 15.1. The number of benzene rings is 1. The number of hydrogen-bond donors (Lipinski definition) is 1. The first kappa shape index (κ1) is 15.0. The first-order chi connectivity index (χ1) is 8.69. The van der Waals surface area contributed by atoms with E-state index in [4.69, 9.17) is 0 Å². The second kappa shape index (κ2) is 8.15. The second-order valence-electron chi connectivity index (χ2n) is 5.19. The van der Waals surface area contributed by atoms with Crippen molar-refractivity contribution in [1.82, 2.24) is 5.32 Å². The predicted molar refractivity (Wildman–Crippen MR) is 81.2 cm³/mol. The highest BCUT2D eigenvalue weighted by Crippen LogP contribution is 2.19. The molecule has 2 heteroatoms. The monoisotopic (exact) mass is 248 g/mol. The predicted octanol–water partition coefficient (Wildman–Crippen LogP) is 3.81. The Hall–Kier alpha value is -1.02. The van der Waals surface area contributed by atoms with Crippen molar-refractivity contribution in [2.75, 3.05) is 18.5 Å². The van der Waals surface area contributed by atoms with Crippen LogP contribution in [-0.2, 0) is 6.54 Å². The lowest BCUT2D eigenvalue weighted by Crippen LogP contribution is -2.31. The van der Waals surface area contributed by atoms with Crippen LogP contribution in [0.4, 0.5) is 5.69 Å². The normalized spacial score (nSPS) is 10.9. The molecular formula is C16H28N2. The second-order valence-corrected chi connectivity index (χ2v) is 5.19. The van der Waals surface area contributed by atoms with E-state index in [0.29, 0.717) is 6.04 Å². The van der Waals surface area contributed by atoms with Crippen molar-refractivity contribution in [3.05, 3.63) is 29.8 Å². The van der Waals surface area contributed by atoms with Crippen LogP contribution in [0.3, 0.4) is 0 Å². The Morgan fingerprint density at radius 2 is 1.78 bits per heavy atom. The molecule has 0 spiro atoms. The Morgan fingerprint density at radius 3 is 2.28 bits per heavy atom. The number of hydrogen-bond acceptors (Lipinski definition) is 2. The van der Waals surface area contributed by atoms with Crippen molar-refractivity contribution in [3.63, 3.8) is 0 Å². The maximum absolute atomic E-state index is 3.18. The Kier molecular flexibility index (Phi) is 6.81. The minimum absolute atomic E-state index is 0.567. The third kappa shape index (κ3) is 4.69. The molecule has 0 aliphatic carbocycles. The Balaban J connectivity index is 2.66. The number of rotatable bonds is 8. The lowest BCUT2D eigenvalue weighted by molar-refractivity contribution is 0.626. The van der Waals surface area contributed by atoms with Gasteiger partial charge in [-0.25, -0.2) is 0 Å². The molecule has 0 heterocycles. The first-order valence-electron chi connectivity index (χ1n) is 7.19. The highest BCUT2D eigenvalue weighted by molar-refractivity contribution is 5.48. The van der Waals surface area contributed by atoms with E-state index < -0.39 is 0 Å². The molecule has 0 aliphatic rings. The molecule has 0 atom stereocenters. The number of nitrogens with zero attached hydrogens (tertiary/aromatic N) is 1. The van der Waals surface area contributed by atoms with E-state index in [0.717, 1.165) is 13.1 Å². The quantitative estimate of drug-likeness (QED) is 0.704. The molecular weight excluding hydrogens is 220 g/mol. The maximum atomic E-state index is 3.18. The summed E-state index contributed by atoms with van der Waals surface area (Å²) in [4.78, 5) is 2.50. The van der Waals surface area contributed by atoms with Crippen molar-refractivity contribution in [3.8, 4) is 0 Å². The van der Waals surface area contributed by atoms with Crippen LogP contribution in [0.1, 0.15) is 45.6 Å². The van der Waals surface area contributed by atoms with Crippen LogP contribution in [0.2, 0.25) is 0 Å². The van der Waals surface area contributed by atoms with Gasteiger partial charge in [0.1, 0.15) is 0 Å². The summed E-state index contributed by atoms with van der Waals surface area (Å²) in [6, 6.07) is 9.51. The summed E-state index contributed by atoms with van der Waals surface area (Å²) >= 11 is 0. The highest BCUT2D eigenvalue weighted by Gasteiger charge is 2.09. The van der Waals surface area contributed by atoms with Gasteiger partial charge in [0.05, 0.1) is 0 Å². The molecule has 1 rings (SSSR count). The van der Waals surface area contributed by atoms with Gasteiger partial charge in [0.2, 0.25) is 0 Å². The average molecular weight is 248 g/mol. The summed E-state index contributed by atoms with van der Waals surface area (Å²) in [6.45, 7) is 8.90. The molecule has 1 aromatic carbocycles. The lowest BCUT2D eigenvalue weighted by atomic mass is 10.1. The van der Waals surface area contributed by atoms with Crippen molar-refractivity contribution in [2.45, 2.75) is 52.6 Å². The van der Waals surface area contributed by atoms with Gasteiger partial charge in [-0.1, -0.05) is 31.9 Å². The SMILES string of the molecule is CCCCCN(c1ccc(CNC)cc1)C(C)C. The topological polar surface area (TPSA) is 15.3 Å². The van der Waals surface area contributed by atoms with E-state index >= 15 is 0 Å². The van der Waals surface area contributed by atoms with Gasteiger partial charge < -0.3 is 10.2 Å². The lowest BCUT2D eigenvalue weighted by Gasteiger charge is -2.29. The summed E-state index contributed by atoms with van der Waals surface area (Å²) in [6.07, 6.45) is 3.89. The van der Waals surface area contributed by atoms with Gasteiger partial charge >= 0.3 is 0 Å². The van der Waals surface area contributed by atoms with E-state index in [1.807, 2.05) is 7.05 Å². The van der Waals surface area contributed by atoms with Crippen LogP contribution in [0.15, 0.2) is 24.3 Å². The van der Waals surface area contributed by atoms with E-state index in [-0.39, 0.29) is 0 Å². The zero-order chi connectivity index (χ0) is 13.4. The summed E-state index contributed by atoms with van der Waals surface area (Å²) in [5.41, 5.74) is 2.69. The number of unbranched alkanes of at least 4 members (excludes halogenated alkanes) is 2. The van der Waals surface area contributed by atoms with Crippen LogP contribution in [0, 0.1) is 0 Å². The molecule has 0 unspecified atom stereocenters. The number of nitrogens with one attached hydrogen (secondary N) is 1. The minimum atomic E-state index is 0.567. The fourth-order valence-electron chi connectivity index (χ4n) is 2.23. The van der Waals surface area contributed by atoms with Crippen molar-refractivity contribution in [1.29, 1.82) is 0 Å². The van der Waals surface area contributed by atoms with Gasteiger partial charge in [-0.3, -0.25) is 0 Å². The van der Waals surface area contributed by atoms with Crippen molar-refractivity contribution in [2.24, 2.45) is 0 Å². The minimum Gasteiger partial charge on any atom is -0.369 e. The molecule has 0 amide bonds. The molecule has 2 nitrogen and oxygen atoms in total. The smallest absolute Gasteiger partial charge is 0.0368 e. The first-order valence-corrected chi connectivity index (χ1v) is 7.19. The molecule has 0 aliphatic heterocycles. The van der Waals surface area contributed by atoms with Gasteiger partial charge in [0, 0.05) is 24.8 Å². The zero-order valence-electron chi connectivity index (χ0n) is 12.4. The summed E-state index contributed by atoms with van der Waals surface area (Å²) in [7, 11) is 1.99. The van der Waals surface area contributed by atoms with Crippen LogP contribution in [0.5, 0.6) is 0 Å². The molecule has 0 aromatic heterocycles. The third-order valence-corrected chi connectivity index (χ3v) is 3.27. The molecule has 0 fully saturated rings. The summed E-state index contributed by atoms with van der Waals surface area (Å²) in [5, 5.41) is 3.18. The van der Waals surface area contributed by atoms with Gasteiger partial charge in [-0.15, -0.1) is 0 Å². The molecule has 0 radical (unpaired) electrons. The van der Waals surface area contributed by atoms with Crippen LogP contribution >= 0.6 is 0 Å². The van der Waals surface area contributed by atoms with E-state index in [2.05, 4.69) is 55.3 Å². The van der Waals surface area contributed by atoms with Crippen molar-refractivity contribution >= 4 is 5.69 Å². The van der Waals surface area contributed by atoms with Crippen LogP contribution in [-0.4, -0.2) is 19.6 Å².